The lowest BCUT2D eigenvalue weighted by Gasteiger charge is -1.97. The fraction of sp³-hybridized carbons (Fsp3) is 0.182. The molecule has 0 unspecified atom stereocenters. The third kappa shape index (κ3) is 3.88. The van der Waals surface area contributed by atoms with Crippen LogP contribution in [0.5, 0.6) is 0 Å². The molecular weight excluding hydrogens is 268 g/mol. The van der Waals surface area contributed by atoms with Gasteiger partial charge in [0.2, 0.25) is 5.91 Å². The summed E-state index contributed by atoms with van der Waals surface area (Å²) in [6.45, 7) is 0. The Labute approximate surface area is 112 Å². The van der Waals surface area contributed by atoms with Crippen molar-refractivity contribution in [3.63, 3.8) is 0 Å². The Bertz CT molecular complexity index is 544. The summed E-state index contributed by atoms with van der Waals surface area (Å²) in [6.07, 6.45) is 4.53. The van der Waals surface area contributed by atoms with E-state index in [-0.39, 0.29) is 12.3 Å². The predicted molar refractivity (Wildman–Crippen MR) is 71.0 cm³/mol. The van der Waals surface area contributed by atoms with Crippen molar-refractivity contribution in [3.8, 4) is 0 Å². The summed E-state index contributed by atoms with van der Waals surface area (Å²) in [5, 5.41) is 18.4. The first-order valence-electron chi connectivity index (χ1n) is 5.35. The van der Waals surface area contributed by atoms with Gasteiger partial charge in [0.1, 0.15) is 5.25 Å². The SMILES string of the molecule is O=C(O)C[C@@H]1S/C(=N\N=C/c2cccnc2)NC1=O. The van der Waals surface area contributed by atoms with E-state index in [1.54, 1.807) is 18.5 Å². The highest BCUT2D eigenvalue weighted by Crippen LogP contribution is 2.22. The van der Waals surface area contributed by atoms with Gasteiger partial charge < -0.3 is 10.4 Å². The number of carboxylic acid groups (broad SMARTS) is 1. The number of hydrogen-bond acceptors (Lipinski definition) is 6. The summed E-state index contributed by atoms with van der Waals surface area (Å²) < 4.78 is 0. The quantitative estimate of drug-likeness (QED) is 0.615. The third-order valence-electron chi connectivity index (χ3n) is 2.18. The molecule has 0 aromatic carbocycles. The van der Waals surface area contributed by atoms with Crippen LogP contribution in [0.3, 0.4) is 0 Å². The molecule has 1 aliphatic rings. The summed E-state index contributed by atoms with van der Waals surface area (Å²) >= 11 is 1.06. The molecule has 19 heavy (non-hydrogen) atoms. The minimum Gasteiger partial charge on any atom is -0.481 e. The number of aliphatic carboxylic acids is 1. The average molecular weight is 278 g/mol. The Morgan fingerprint density at radius 1 is 1.63 bits per heavy atom. The molecule has 0 radical (unpaired) electrons. The Kier molecular flexibility index (Phi) is 4.24. The number of carbonyl (C=O) groups is 2. The monoisotopic (exact) mass is 278 g/mol. The number of thioether (sulfide) groups is 1. The molecule has 0 aliphatic carbocycles. The van der Waals surface area contributed by atoms with Crippen LogP contribution in [0.15, 0.2) is 34.7 Å². The highest BCUT2D eigenvalue weighted by molar-refractivity contribution is 8.15. The van der Waals surface area contributed by atoms with Gasteiger partial charge in [-0.05, 0) is 6.07 Å². The van der Waals surface area contributed by atoms with Crippen molar-refractivity contribution in [2.75, 3.05) is 0 Å². The van der Waals surface area contributed by atoms with Crippen molar-refractivity contribution < 1.29 is 14.7 Å². The molecular formula is C11H10N4O3S. The van der Waals surface area contributed by atoms with Gasteiger partial charge in [-0.3, -0.25) is 14.6 Å². The molecule has 1 aliphatic heterocycles. The normalized spacial score (nSPS) is 20.9. The van der Waals surface area contributed by atoms with Gasteiger partial charge in [0.25, 0.3) is 0 Å². The molecule has 1 aromatic heterocycles. The van der Waals surface area contributed by atoms with Crippen LogP contribution in [0, 0.1) is 0 Å². The van der Waals surface area contributed by atoms with Crippen LogP contribution in [0.4, 0.5) is 0 Å². The second-order valence-corrected chi connectivity index (χ2v) is 4.82. The zero-order valence-corrected chi connectivity index (χ0v) is 10.5. The minimum absolute atomic E-state index is 0.234. The van der Waals surface area contributed by atoms with Gasteiger partial charge in [-0.25, -0.2) is 0 Å². The first-order valence-corrected chi connectivity index (χ1v) is 6.23. The van der Waals surface area contributed by atoms with Crippen molar-refractivity contribution in [1.29, 1.82) is 0 Å². The second kappa shape index (κ2) is 6.10. The molecule has 1 saturated heterocycles. The van der Waals surface area contributed by atoms with Gasteiger partial charge in [-0.15, -0.1) is 5.10 Å². The highest BCUT2D eigenvalue weighted by atomic mass is 32.2. The number of nitrogens with zero attached hydrogens (tertiary/aromatic N) is 3. The molecule has 1 atom stereocenters. The zero-order chi connectivity index (χ0) is 13.7. The molecule has 2 heterocycles. The predicted octanol–water partition coefficient (Wildman–Crippen LogP) is 0.478. The number of pyridine rings is 1. The van der Waals surface area contributed by atoms with Crippen molar-refractivity contribution in [1.82, 2.24) is 10.3 Å². The maximum Gasteiger partial charge on any atom is 0.305 e. The molecule has 2 N–H and O–H groups in total. The maximum atomic E-state index is 11.4. The van der Waals surface area contributed by atoms with Crippen LogP contribution in [0.25, 0.3) is 0 Å². The average Bonchev–Trinajstić information content (AvgIpc) is 2.70. The zero-order valence-electron chi connectivity index (χ0n) is 9.68. The van der Waals surface area contributed by atoms with Gasteiger partial charge in [-0.2, -0.15) is 5.10 Å². The lowest BCUT2D eigenvalue weighted by Crippen LogP contribution is -2.26. The van der Waals surface area contributed by atoms with E-state index < -0.39 is 11.2 Å². The van der Waals surface area contributed by atoms with Crippen molar-refractivity contribution >= 4 is 35.0 Å². The van der Waals surface area contributed by atoms with Crippen LogP contribution in [-0.4, -0.2) is 38.6 Å². The molecule has 7 nitrogen and oxygen atoms in total. The number of aromatic nitrogens is 1. The fourth-order valence-corrected chi connectivity index (χ4v) is 2.26. The first kappa shape index (κ1) is 13.2. The van der Waals surface area contributed by atoms with Crippen molar-refractivity contribution in [2.24, 2.45) is 10.2 Å². The number of carbonyl (C=O) groups excluding carboxylic acids is 1. The Hall–Kier alpha value is -2.22. The van der Waals surface area contributed by atoms with E-state index in [1.807, 2.05) is 6.07 Å². The number of amidine groups is 1. The van der Waals surface area contributed by atoms with Crippen LogP contribution in [0.2, 0.25) is 0 Å². The number of hydrogen-bond donors (Lipinski definition) is 2. The molecule has 1 amide bonds. The highest BCUT2D eigenvalue weighted by Gasteiger charge is 2.32. The van der Waals surface area contributed by atoms with E-state index >= 15 is 0 Å². The molecule has 8 heteroatoms. The van der Waals surface area contributed by atoms with E-state index in [4.69, 9.17) is 5.11 Å². The standard InChI is InChI=1S/C11H10N4O3S/c16-9(17)4-8-10(18)14-11(19-8)15-13-6-7-2-1-3-12-5-7/h1-3,5-6,8H,4H2,(H,16,17)(H,14,15,18)/b13-6-/t8-/m0/s1. The Balaban J connectivity index is 1.96. The van der Waals surface area contributed by atoms with Gasteiger partial charge in [-0.1, -0.05) is 17.8 Å². The van der Waals surface area contributed by atoms with Crippen molar-refractivity contribution in [3.05, 3.63) is 30.1 Å². The number of nitrogens with one attached hydrogen (secondary N) is 1. The molecule has 0 spiro atoms. The van der Waals surface area contributed by atoms with E-state index in [0.717, 1.165) is 17.3 Å². The lowest BCUT2D eigenvalue weighted by molar-refractivity contribution is -0.138. The number of carboxylic acids is 1. The third-order valence-corrected chi connectivity index (χ3v) is 3.25. The van der Waals surface area contributed by atoms with Gasteiger partial charge >= 0.3 is 5.97 Å². The van der Waals surface area contributed by atoms with E-state index in [1.165, 1.54) is 6.21 Å². The summed E-state index contributed by atoms with van der Waals surface area (Å²) in [5.41, 5.74) is 0.781. The second-order valence-electron chi connectivity index (χ2n) is 3.63. The minimum atomic E-state index is -1.02. The summed E-state index contributed by atoms with van der Waals surface area (Å²) in [7, 11) is 0. The van der Waals surface area contributed by atoms with Gasteiger partial charge in [0.05, 0.1) is 12.6 Å². The lowest BCUT2D eigenvalue weighted by atomic mass is 10.3. The van der Waals surface area contributed by atoms with Gasteiger partial charge in [0.15, 0.2) is 5.17 Å². The largest absolute Gasteiger partial charge is 0.481 e. The summed E-state index contributed by atoms with van der Waals surface area (Å²) in [4.78, 5) is 25.9. The smallest absolute Gasteiger partial charge is 0.305 e. The van der Waals surface area contributed by atoms with Crippen molar-refractivity contribution in [2.45, 2.75) is 11.7 Å². The van der Waals surface area contributed by atoms with Crippen LogP contribution >= 0.6 is 11.8 Å². The molecule has 2 rings (SSSR count). The summed E-state index contributed by atoms with van der Waals surface area (Å²) in [6, 6.07) is 3.58. The molecule has 1 fully saturated rings. The topological polar surface area (TPSA) is 104 Å². The van der Waals surface area contributed by atoms with E-state index in [9.17, 15) is 9.59 Å². The van der Waals surface area contributed by atoms with E-state index in [2.05, 4.69) is 20.5 Å². The van der Waals surface area contributed by atoms with E-state index in [0.29, 0.717) is 5.17 Å². The Morgan fingerprint density at radius 3 is 3.16 bits per heavy atom. The van der Waals surface area contributed by atoms with Crippen LogP contribution < -0.4 is 5.32 Å². The van der Waals surface area contributed by atoms with Crippen LogP contribution in [-0.2, 0) is 9.59 Å². The molecule has 0 bridgehead atoms. The first-order chi connectivity index (χ1) is 9.15. The fourth-order valence-electron chi connectivity index (χ4n) is 1.35. The summed E-state index contributed by atoms with van der Waals surface area (Å²) in [5.74, 6) is -1.38. The Morgan fingerprint density at radius 2 is 2.47 bits per heavy atom. The van der Waals surface area contributed by atoms with Crippen LogP contribution in [0.1, 0.15) is 12.0 Å². The number of amides is 1. The maximum absolute atomic E-state index is 11.4. The molecule has 0 saturated carbocycles. The molecule has 98 valence electrons. The number of rotatable bonds is 4. The van der Waals surface area contributed by atoms with Gasteiger partial charge in [0, 0.05) is 18.0 Å². The molecule has 1 aromatic rings.